The maximum absolute atomic E-state index is 12.4. The predicted octanol–water partition coefficient (Wildman–Crippen LogP) is 3.33. The third kappa shape index (κ3) is 3.39. The lowest BCUT2D eigenvalue weighted by Gasteiger charge is -2.12. The van der Waals surface area contributed by atoms with E-state index in [2.05, 4.69) is 5.32 Å². The fraction of sp³-hybridized carbons (Fsp3) is 0.267. The normalized spacial score (nSPS) is 10.9. The van der Waals surface area contributed by atoms with Gasteiger partial charge in [0.05, 0.1) is 6.54 Å². The number of rotatable bonds is 4. The van der Waals surface area contributed by atoms with Gasteiger partial charge in [-0.2, -0.15) is 0 Å². The number of hydrogen-bond donors (Lipinski definition) is 2. The highest BCUT2D eigenvalue weighted by molar-refractivity contribution is 6.03. The number of aryl methyl sites for hydroxylation is 2. The highest BCUT2D eigenvalue weighted by atomic mass is 19.3. The van der Waals surface area contributed by atoms with Crippen LogP contribution in [0.2, 0.25) is 0 Å². The molecule has 0 atom stereocenters. The Morgan fingerprint density at radius 2 is 2.05 bits per heavy atom. The van der Waals surface area contributed by atoms with Crippen molar-refractivity contribution in [3.05, 3.63) is 47.3 Å². The van der Waals surface area contributed by atoms with Gasteiger partial charge in [0.15, 0.2) is 0 Å². The number of halogens is 2. The van der Waals surface area contributed by atoms with Crippen molar-refractivity contribution in [2.75, 3.05) is 5.32 Å². The molecule has 0 bridgehead atoms. The minimum Gasteiger partial charge on any atom is -0.508 e. The van der Waals surface area contributed by atoms with Gasteiger partial charge in [0.1, 0.15) is 11.4 Å². The molecule has 1 aromatic heterocycles. The van der Waals surface area contributed by atoms with Gasteiger partial charge in [-0.1, -0.05) is 0 Å². The molecule has 0 aliphatic carbocycles. The van der Waals surface area contributed by atoms with Gasteiger partial charge in [0.25, 0.3) is 12.3 Å². The van der Waals surface area contributed by atoms with Crippen molar-refractivity contribution in [3.63, 3.8) is 0 Å². The van der Waals surface area contributed by atoms with Gasteiger partial charge in [-0.3, -0.25) is 4.79 Å². The predicted molar refractivity (Wildman–Crippen MR) is 76.0 cm³/mol. The van der Waals surface area contributed by atoms with E-state index in [0.717, 1.165) is 0 Å². The molecule has 4 nitrogen and oxygen atoms in total. The van der Waals surface area contributed by atoms with E-state index in [4.69, 9.17) is 0 Å². The van der Waals surface area contributed by atoms with Crippen LogP contribution < -0.4 is 5.32 Å². The molecule has 112 valence electrons. The number of phenols is 1. The minimum atomic E-state index is -2.53. The van der Waals surface area contributed by atoms with Crippen LogP contribution in [0.1, 0.15) is 21.6 Å². The first-order chi connectivity index (χ1) is 9.88. The van der Waals surface area contributed by atoms with Crippen molar-refractivity contribution in [2.45, 2.75) is 26.8 Å². The second-order valence-corrected chi connectivity index (χ2v) is 4.84. The van der Waals surface area contributed by atoms with E-state index in [1.807, 2.05) is 0 Å². The summed E-state index contributed by atoms with van der Waals surface area (Å²) in [6.07, 6.45) is -1.09. The first kappa shape index (κ1) is 15.0. The molecule has 0 radical (unpaired) electrons. The average molecular weight is 294 g/mol. The Hall–Kier alpha value is -2.37. The lowest BCUT2D eigenvalue weighted by Crippen LogP contribution is -2.19. The molecule has 21 heavy (non-hydrogen) atoms. The van der Waals surface area contributed by atoms with Gasteiger partial charge < -0.3 is 15.0 Å². The van der Waals surface area contributed by atoms with Gasteiger partial charge in [-0.15, -0.1) is 0 Å². The van der Waals surface area contributed by atoms with Crippen LogP contribution in [-0.4, -0.2) is 22.0 Å². The van der Waals surface area contributed by atoms with E-state index in [0.29, 0.717) is 16.8 Å². The van der Waals surface area contributed by atoms with Crippen LogP contribution in [0.25, 0.3) is 0 Å². The van der Waals surface area contributed by atoms with Gasteiger partial charge in [0, 0.05) is 11.9 Å². The number of aromatic nitrogens is 1. The van der Waals surface area contributed by atoms with Gasteiger partial charge in [0.2, 0.25) is 0 Å². The summed E-state index contributed by atoms with van der Waals surface area (Å²) >= 11 is 0. The number of amides is 1. The second-order valence-electron chi connectivity index (χ2n) is 4.84. The van der Waals surface area contributed by atoms with Crippen molar-refractivity contribution in [3.8, 4) is 5.75 Å². The summed E-state index contributed by atoms with van der Waals surface area (Å²) in [5.41, 5.74) is 2.03. The first-order valence-corrected chi connectivity index (χ1v) is 6.43. The average Bonchev–Trinajstić information content (AvgIpc) is 2.83. The smallest absolute Gasteiger partial charge is 0.272 e. The Bertz CT molecular complexity index is 666. The number of nitrogens with zero attached hydrogens (tertiary/aromatic N) is 1. The third-order valence-electron chi connectivity index (χ3n) is 3.19. The standard InChI is InChI=1S/C15H16F2N2O2/c1-9-7-13(20)10(2)6-11(9)18-15(21)12-4-3-5-19(12)8-14(16)17/h3-7,14,20H,8H2,1-2H3,(H,18,21). The molecule has 0 fully saturated rings. The van der Waals surface area contributed by atoms with Gasteiger partial charge >= 0.3 is 0 Å². The summed E-state index contributed by atoms with van der Waals surface area (Å²) in [4.78, 5) is 12.2. The maximum atomic E-state index is 12.4. The highest BCUT2D eigenvalue weighted by Gasteiger charge is 2.15. The van der Waals surface area contributed by atoms with Crippen molar-refractivity contribution < 1.29 is 18.7 Å². The van der Waals surface area contributed by atoms with Crippen LogP contribution in [-0.2, 0) is 6.54 Å². The molecule has 2 rings (SSSR count). The first-order valence-electron chi connectivity index (χ1n) is 6.43. The quantitative estimate of drug-likeness (QED) is 0.850. The summed E-state index contributed by atoms with van der Waals surface area (Å²) in [7, 11) is 0. The second kappa shape index (κ2) is 5.95. The summed E-state index contributed by atoms with van der Waals surface area (Å²) in [6.45, 7) is 2.93. The largest absolute Gasteiger partial charge is 0.508 e. The van der Waals surface area contributed by atoms with Crippen molar-refractivity contribution in [2.24, 2.45) is 0 Å². The molecule has 0 aliphatic heterocycles. The molecule has 0 aliphatic rings. The van der Waals surface area contributed by atoms with Crippen LogP contribution in [0.4, 0.5) is 14.5 Å². The molecule has 1 aromatic carbocycles. The number of benzene rings is 1. The number of alkyl halides is 2. The van der Waals surface area contributed by atoms with E-state index in [1.165, 1.54) is 16.8 Å². The number of nitrogens with one attached hydrogen (secondary N) is 1. The van der Waals surface area contributed by atoms with Crippen LogP contribution in [0, 0.1) is 13.8 Å². The number of anilines is 1. The number of hydrogen-bond acceptors (Lipinski definition) is 2. The Balaban J connectivity index is 2.23. The molecule has 0 unspecified atom stereocenters. The molecular formula is C15H16F2N2O2. The molecule has 0 spiro atoms. The number of aromatic hydroxyl groups is 1. The van der Waals surface area contributed by atoms with Crippen molar-refractivity contribution in [1.29, 1.82) is 0 Å². The van der Waals surface area contributed by atoms with Crippen LogP contribution in [0.15, 0.2) is 30.5 Å². The Kier molecular flexibility index (Phi) is 4.26. The lowest BCUT2D eigenvalue weighted by molar-refractivity contribution is 0.0997. The third-order valence-corrected chi connectivity index (χ3v) is 3.19. The zero-order valence-corrected chi connectivity index (χ0v) is 11.7. The fourth-order valence-corrected chi connectivity index (χ4v) is 2.05. The molecule has 0 saturated carbocycles. The molecule has 2 N–H and O–H groups in total. The van der Waals surface area contributed by atoms with E-state index in [9.17, 15) is 18.7 Å². The minimum absolute atomic E-state index is 0.145. The Labute approximate surface area is 121 Å². The highest BCUT2D eigenvalue weighted by Crippen LogP contribution is 2.25. The summed E-state index contributed by atoms with van der Waals surface area (Å²) < 4.78 is 26.1. The SMILES string of the molecule is Cc1cc(NC(=O)c2cccn2CC(F)F)c(C)cc1O. The van der Waals surface area contributed by atoms with Crippen molar-refractivity contribution in [1.82, 2.24) is 4.57 Å². The molecule has 1 amide bonds. The number of carbonyl (C=O) groups excluding carboxylic acids is 1. The van der Waals surface area contributed by atoms with Crippen LogP contribution in [0.5, 0.6) is 5.75 Å². The fourth-order valence-electron chi connectivity index (χ4n) is 2.05. The Morgan fingerprint density at radius 3 is 2.71 bits per heavy atom. The van der Waals surface area contributed by atoms with E-state index < -0.39 is 18.9 Å². The van der Waals surface area contributed by atoms with Crippen LogP contribution >= 0.6 is 0 Å². The topological polar surface area (TPSA) is 54.3 Å². The summed E-state index contributed by atoms with van der Waals surface area (Å²) in [5, 5.41) is 12.3. The Morgan fingerprint density at radius 1 is 1.33 bits per heavy atom. The van der Waals surface area contributed by atoms with Crippen molar-refractivity contribution >= 4 is 11.6 Å². The zero-order chi connectivity index (χ0) is 15.6. The number of carbonyl (C=O) groups is 1. The molecular weight excluding hydrogens is 278 g/mol. The van der Waals surface area contributed by atoms with Crippen LogP contribution in [0.3, 0.4) is 0 Å². The lowest BCUT2D eigenvalue weighted by atomic mass is 10.1. The monoisotopic (exact) mass is 294 g/mol. The molecule has 2 aromatic rings. The maximum Gasteiger partial charge on any atom is 0.272 e. The summed E-state index contributed by atoms with van der Waals surface area (Å²) in [6, 6.07) is 6.22. The van der Waals surface area contributed by atoms with Gasteiger partial charge in [-0.05, 0) is 49.2 Å². The molecule has 6 heteroatoms. The van der Waals surface area contributed by atoms with E-state index >= 15 is 0 Å². The zero-order valence-electron chi connectivity index (χ0n) is 11.7. The van der Waals surface area contributed by atoms with E-state index in [-0.39, 0.29) is 11.4 Å². The van der Waals surface area contributed by atoms with E-state index in [1.54, 1.807) is 32.0 Å². The summed E-state index contributed by atoms with van der Waals surface area (Å²) in [5.74, 6) is -0.319. The molecule has 1 heterocycles. The molecule has 0 saturated heterocycles. The number of phenolic OH excluding ortho intramolecular Hbond substituents is 1. The van der Waals surface area contributed by atoms with Gasteiger partial charge in [-0.25, -0.2) is 8.78 Å².